The lowest BCUT2D eigenvalue weighted by molar-refractivity contribution is -0.130. The number of carbonyl (C=O) groups excluding carboxylic acids is 1. The molecule has 0 atom stereocenters. The highest BCUT2D eigenvalue weighted by molar-refractivity contribution is 7.89. The fourth-order valence-corrected chi connectivity index (χ4v) is 3.61. The van der Waals surface area contributed by atoms with Crippen LogP contribution in [-0.4, -0.2) is 32.8 Å². The lowest BCUT2D eigenvalue weighted by atomic mass is 10.1. The van der Waals surface area contributed by atoms with Gasteiger partial charge in [-0.25, -0.2) is 13.1 Å². The Morgan fingerprint density at radius 2 is 1.78 bits per heavy atom. The molecule has 0 saturated heterocycles. The zero-order valence-corrected chi connectivity index (χ0v) is 16.5. The molecule has 0 aromatic heterocycles. The molecule has 0 saturated carbocycles. The molecule has 7 heteroatoms. The molecule has 2 aromatic rings. The van der Waals surface area contributed by atoms with Crippen LogP contribution in [0.15, 0.2) is 47.4 Å². The van der Waals surface area contributed by atoms with Gasteiger partial charge < -0.3 is 4.90 Å². The number of nitrogens with one attached hydrogen (secondary N) is 1. The van der Waals surface area contributed by atoms with E-state index in [0.29, 0.717) is 12.1 Å². The Balaban J connectivity index is 1.88. The Morgan fingerprint density at radius 3 is 2.37 bits per heavy atom. The minimum Gasteiger partial charge on any atom is -0.341 e. The summed E-state index contributed by atoms with van der Waals surface area (Å²) in [6.45, 7) is 4.21. The van der Waals surface area contributed by atoms with Crippen LogP contribution in [0, 0.1) is 25.2 Å². The standard InChI is InChI=1S/C20H23N3O3S/c1-15-4-9-19(12-16(15)2)27(25,26)22-11-10-20(24)23(3)14-18-7-5-17(13-21)6-8-18/h4-9,12,22H,10-11,14H2,1-3H3. The first-order chi connectivity index (χ1) is 12.7. The molecule has 0 bridgehead atoms. The summed E-state index contributed by atoms with van der Waals surface area (Å²) in [4.78, 5) is 14.0. The van der Waals surface area contributed by atoms with E-state index in [1.165, 1.54) is 4.90 Å². The molecule has 0 aliphatic carbocycles. The fraction of sp³-hybridized carbons (Fsp3) is 0.300. The quantitative estimate of drug-likeness (QED) is 0.793. The van der Waals surface area contributed by atoms with Crippen molar-refractivity contribution in [3.63, 3.8) is 0 Å². The van der Waals surface area contributed by atoms with Crippen LogP contribution >= 0.6 is 0 Å². The van der Waals surface area contributed by atoms with E-state index in [9.17, 15) is 13.2 Å². The summed E-state index contributed by atoms with van der Waals surface area (Å²) in [6.07, 6.45) is 0.0663. The van der Waals surface area contributed by atoms with Gasteiger partial charge in [-0.2, -0.15) is 5.26 Å². The lowest BCUT2D eigenvalue weighted by Crippen LogP contribution is -2.32. The molecule has 1 N–H and O–H groups in total. The molecule has 2 aromatic carbocycles. The van der Waals surface area contributed by atoms with E-state index in [1.54, 1.807) is 49.5 Å². The first-order valence-electron chi connectivity index (χ1n) is 8.53. The van der Waals surface area contributed by atoms with Gasteiger partial charge in [-0.1, -0.05) is 18.2 Å². The van der Waals surface area contributed by atoms with E-state index in [-0.39, 0.29) is 23.8 Å². The van der Waals surface area contributed by atoms with Crippen LogP contribution in [0.25, 0.3) is 0 Å². The van der Waals surface area contributed by atoms with Crippen molar-refractivity contribution < 1.29 is 13.2 Å². The Labute approximate surface area is 160 Å². The predicted molar refractivity (Wildman–Crippen MR) is 103 cm³/mol. The van der Waals surface area contributed by atoms with Crippen LogP contribution in [0.3, 0.4) is 0 Å². The third-order valence-electron chi connectivity index (χ3n) is 4.35. The molecule has 0 spiro atoms. The van der Waals surface area contributed by atoms with Crippen LogP contribution in [0.2, 0.25) is 0 Å². The van der Waals surface area contributed by atoms with Gasteiger partial charge in [-0.3, -0.25) is 4.79 Å². The monoisotopic (exact) mass is 385 g/mol. The van der Waals surface area contributed by atoms with Crippen molar-refractivity contribution in [2.75, 3.05) is 13.6 Å². The molecule has 0 unspecified atom stereocenters. The molecule has 142 valence electrons. The van der Waals surface area contributed by atoms with Crippen molar-refractivity contribution >= 4 is 15.9 Å². The Morgan fingerprint density at radius 1 is 1.11 bits per heavy atom. The highest BCUT2D eigenvalue weighted by Crippen LogP contribution is 2.14. The SMILES string of the molecule is Cc1ccc(S(=O)(=O)NCCC(=O)N(C)Cc2ccc(C#N)cc2)cc1C. The third kappa shape index (κ3) is 5.64. The molecular weight excluding hydrogens is 362 g/mol. The average Bonchev–Trinajstić information content (AvgIpc) is 2.64. The summed E-state index contributed by atoms with van der Waals surface area (Å²) in [7, 11) is -1.97. The van der Waals surface area contributed by atoms with Gasteiger partial charge in [0, 0.05) is 26.6 Å². The van der Waals surface area contributed by atoms with Crippen LogP contribution < -0.4 is 4.72 Å². The third-order valence-corrected chi connectivity index (χ3v) is 5.81. The van der Waals surface area contributed by atoms with E-state index >= 15 is 0 Å². The van der Waals surface area contributed by atoms with Gasteiger partial charge in [0.15, 0.2) is 0 Å². The van der Waals surface area contributed by atoms with Crippen molar-refractivity contribution in [3.8, 4) is 6.07 Å². The van der Waals surface area contributed by atoms with Crippen molar-refractivity contribution in [1.29, 1.82) is 5.26 Å². The van der Waals surface area contributed by atoms with E-state index in [1.807, 2.05) is 19.9 Å². The number of rotatable bonds is 7. The van der Waals surface area contributed by atoms with Crippen LogP contribution in [-0.2, 0) is 21.4 Å². The van der Waals surface area contributed by atoms with Gasteiger partial charge in [0.25, 0.3) is 0 Å². The van der Waals surface area contributed by atoms with Crippen LogP contribution in [0.4, 0.5) is 0 Å². The molecule has 6 nitrogen and oxygen atoms in total. The number of benzene rings is 2. The number of amides is 1. The second kappa shape index (κ2) is 8.80. The van der Waals surface area contributed by atoms with E-state index in [2.05, 4.69) is 4.72 Å². The summed E-state index contributed by atoms with van der Waals surface area (Å²) in [5, 5.41) is 8.80. The van der Waals surface area contributed by atoms with Crippen LogP contribution in [0.5, 0.6) is 0 Å². The number of nitriles is 1. The summed E-state index contributed by atoms with van der Waals surface area (Å²) < 4.78 is 27.1. The van der Waals surface area contributed by atoms with Gasteiger partial charge in [0.05, 0.1) is 16.5 Å². The van der Waals surface area contributed by atoms with E-state index < -0.39 is 10.0 Å². The molecule has 1 amide bonds. The Hall–Kier alpha value is -2.69. The lowest BCUT2D eigenvalue weighted by Gasteiger charge is -2.17. The molecule has 0 radical (unpaired) electrons. The van der Waals surface area contributed by atoms with Crippen molar-refractivity contribution in [2.24, 2.45) is 0 Å². The van der Waals surface area contributed by atoms with Crippen molar-refractivity contribution in [3.05, 3.63) is 64.7 Å². The van der Waals surface area contributed by atoms with Gasteiger partial charge >= 0.3 is 0 Å². The first kappa shape index (κ1) is 20.6. The smallest absolute Gasteiger partial charge is 0.240 e. The van der Waals surface area contributed by atoms with Crippen molar-refractivity contribution in [1.82, 2.24) is 9.62 Å². The van der Waals surface area contributed by atoms with E-state index in [0.717, 1.165) is 16.7 Å². The molecule has 0 aliphatic rings. The highest BCUT2D eigenvalue weighted by Gasteiger charge is 2.16. The topological polar surface area (TPSA) is 90.3 Å². The second-order valence-corrected chi connectivity index (χ2v) is 8.22. The maximum atomic E-state index is 12.3. The number of hydrogen-bond donors (Lipinski definition) is 1. The molecule has 0 heterocycles. The highest BCUT2D eigenvalue weighted by atomic mass is 32.2. The maximum absolute atomic E-state index is 12.3. The molecular formula is C20H23N3O3S. The normalized spacial score (nSPS) is 11.0. The molecule has 0 fully saturated rings. The molecule has 0 aliphatic heterocycles. The average molecular weight is 385 g/mol. The van der Waals surface area contributed by atoms with Gasteiger partial charge in [0.2, 0.25) is 15.9 Å². The number of nitrogens with zero attached hydrogens (tertiary/aromatic N) is 2. The number of aryl methyl sites for hydroxylation is 2. The van der Waals surface area contributed by atoms with Gasteiger partial charge in [-0.05, 0) is 54.8 Å². The minimum absolute atomic E-state index is 0.0335. The number of hydrogen-bond acceptors (Lipinski definition) is 4. The van der Waals surface area contributed by atoms with E-state index in [4.69, 9.17) is 5.26 Å². The summed E-state index contributed by atoms with van der Waals surface area (Å²) >= 11 is 0. The zero-order valence-electron chi connectivity index (χ0n) is 15.7. The summed E-state index contributed by atoms with van der Waals surface area (Å²) in [6, 6.07) is 14.0. The number of sulfonamides is 1. The minimum atomic E-state index is -3.64. The molecule has 2 rings (SSSR count). The summed E-state index contributed by atoms with van der Waals surface area (Å²) in [5.74, 6) is -0.165. The fourth-order valence-electron chi connectivity index (χ4n) is 2.49. The first-order valence-corrected chi connectivity index (χ1v) is 10.0. The maximum Gasteiger partial charge on any atom is 0.240 e. The number of carbonyl (C=O) groups is 1. The molecule has 27 heavy (non-hydrogen) atoms. The zero-order chi connectivity index (χ0) is 20.0. The van der Waals surface area contributed by atoms with Gasteiger partial charge in [-0.15, -0.1) is 0 Å². The van der Waals surface area contributed by atoms with Crippen molar-refractivity contribution in [2.45, 2.75) is 31.7 Å². The van der Waals surface area contributed by atoms with Crippen LogP contribution in [0.1, 0.15) is 28.7 Å². The summed E-state index contributed by atoms with van der Waals surface area (Å²) in [5.41, 5.74) is 3.39. The largest absolute Gasteiger partial charge is 0.341 e. The van der Waals surface area contributed by atoms with Gasteiger partial charge in [0.1, 0.15) is 0 Å². The Bertz CT molecular complexity index is 961. The second-order valence-electron chi connectivity index (χ2n) is 6.45. The Kier molecular flexibility index (Phi) is 6.72. The predicted octanol–water partition coefficient (Wildman–Crippen LogP) is 2.50.